The van der Waals surface area contributed by atoms with E-state index in [1.54, 1.807) is 0 Å². The molecule has 0 aromatic rings. The lowest BCUT2D eigenvalue weighted by Gasteiger charge is -2.36. The molecule has 98 valence electrons. The molecule has 4 nitrogen and oxygen atoms in total. The van der Waals surface area contributed by atoms with Crippen LogP contribution < -0.4 is 10.6 Å². The number of hydrogen-bond acceptors (Lipinski definition) is 3. The number of rotatable bonds is 3. The van der Waals surface area contributed by atoms with Gasteiger partial charge in [-0.25, -0.2) is 0 Å². The maximum absolute atomic E-state index is 12.3. The standard InChI is InChI=1S/C13H24N2O2/c1-3-11-10(4-9-17-11)12(16)15-13(2)5-7-14-8-6-13/h10-11,14H,3-9H2,1-2H3,(H,15,16). The van der Waals surface area contributed by atoms with Crippen LogP contribution in [0.15, 0.2) is 0 Å². The van der Waals surface area contributed by atoms with E-state index < -0.39 is 0 Å². The fourth-order valence-electron chi connectivity index (χ4n) is 2.84. The van der Waals surface area contributed by atoms with Crippen molar-refractivity contribution in [3.05, 3.63) is 0 Å². The Morgan fingerprint density at radius 3 is 2.82 bits per heavy atom. The molecule has 1 amide bonds. The third kappa shape index (κ3) is 2.99. The fourth-order valence-corrected chi connectivity index (χ4v) is 2.84. The van der Waals surface area contributed by atoms with Crippen LogP contribution >= 0.6 is 0 Å². The monoisotopic (exact) mass is 240 g/mol. The van der Waals surface area contributed by atoms with Gasteiger partial charge in [0.05, 0.1) is 12.0 Å². The lowest BCUT2D eigenvalue weighted by molar-refractivity contribution is -0.128. The molecule has 2 saturated heterocycles. The Balaban J connectivity index is 1.91. The van der Waals surface area contributed by atoms with Crippen molar-refractivity contribution in [1.29, 1.82) is 0 Å². The van der Waals surface area contributed by atoms with Gasteiger partial charge in [0.2, 0.25) is 5.91 Å². The first kappa shape index (κ1) is 12.8. The average Bonchev–Trinajstić information content (AvgIpc) is 2.77. The zero-order valence-corrected chi connectivity index (χ0v) is 10.9. The molecule has 2 heterocycles. The lowest BCUT2D eigenvalue weighted by atomic mass is 9.89. The Bertz CT molecular complexity index is 275. The number of nitrogens with one attached hydrogen (secondary N) is 2. The fraction of sp³-hybridized carbons (Fsp3) is 0.923. The molecule has 2 aliphatic heterocycles. The van der Waals surface area contributed by atoms with Crippen molar-refractivity contribution >= 4 is 5.91 Å². The summed E-state index contributed by atoms with van der Waals surface area (Å²) in [6.07, 6.45) is 3.96. The molecule has 0 saturated carbocycles. The Morgan fingerprint density at radius 1 is 1.47 bits per heavy atom. The number of carbonyl (C=O) groups is 1. The normalized spacial score (nSPS) is 32.4. The van der Waals surface area contributed by atoms with Crippen LogP contribution in [0, 0.1) is 5.92 Å². The second-order valence-electron chi connectivity index (χ2n) is 5.51. The van der Waals surface area contributed by atoms with Gasteiger partial charge in [0.25, 0.3) is 0 Å². The number of carbonyl (C=O) groups excluding carboxylic acids is 1. The predicted molar refractivity (Wildman–Crippen MR) is 66.8 cm³/mol. The Hall–Kier alpha value is -0.610. The molecule has 2 N–H and O–H groups in total. The Morgan fingerprint density at radius 2 is 2.18 bits per heavy atom. The van der Waals surface area contributed by atoms with Crippen molar-refractivity contribution in [3.8, 4) is 0 Å². The van der Waals surface area contributed by atoms with Gasteiger partial charge < -0.3 is 15.4 Å². The molecule has 0 radical (unpaired) electrons. The van der Waals surface area contributed by atoms with Crippen LogP contribution in [-0.4, -0.2) is 37.2 Å². The molecule has 17 heavy (non-hydrogen) atoms. The van der Waals surface area contributed by atoms with Gasteiger partial charge in [-0.3, -0.25) is 4.79 Å². The third-order valence-corrected chi connectivity index (χ3v) is 4.08. The summed E-state index contributed by atoms with van der Waals surface area (Å²) in [5, 5.41) is 6.57. The highest BCUT2D eigenvalue weighted by Crippen LogP contribution is 2.25. The van der Waals surface area contributed by atoms with E-state index in [4.69, 9.17) is 4.74 Å². The van der Waals surface area contributed by atoms with Gasteiger partial charge in [-0.15, -0.1) is 0 Å². The molecule has 0 aromatic heterocycles. The van der Waals surface area contributed by atoms with E-state index in [-0.39, 0.29) is 23.5 Å². The minimum atomic E-state index is -0.0246. The molecule has 2 atom stereocenters. The number of amides is 1. The molecule has 2 aliphatic rings. The van der Waals surface area contributed by atoms with E-state index in [1.807, 2.05) is 0 Å². The van der Waals surface area contributed by atoms with Gasteiger partial charge in [0.1, 0.15) is 0 Å². The van der Waals surface area contributed by atoms with E-state index in [2.05, 4.69) is 24.5 Å². The van der Waals surface area contributed by atoms with Gasteiger partial charge >= 0.3 is 0 Å². The summed E-state index contributed by atoms with van der Waals surface area (Å²) in [7, 11) is 0. The summed E-state index contributed by atoms with van der Waals surface area (Å²) in [5.41, 5.74) is -0.0246. The van der Waals surface area contributed by atoms with Crippen LogP contribution in [0.5, 0.6) is 0 Å². The highest BCUT2D eigenvalue weighted by molar-refractivity contribution is 5.80. The van der Waals surface area contributed by atoms with E-state index >= 15 is 0 Å². The van der Waals surface area contributed by atoms with Gasteiger partial charge in [-0.1, -0.05) is 6.92 Å². The zero-order chi connectivity index (χ0) is 12.3. The highest BCUT2D eigenvalue weighted by atomic mass is 16.5. The largest absolute Gasteiger partial charge is 0.377 e. The van der Waals surface area contributed by atoms with Gasteiger partial charge in [0.15, 0.2) is 0 Å². The molecule has 2 fully saturated rings. The first-order chi connectivity index (χ1) is 8.14. The van der Waals surface area contributed by atoms with Crippen LogP contribution in [0.3, 0.4) is 0 Å². The Labute approximate surface area is 103 Å². The zero-order valence-electron chi connectivity index (χ0n) is 10.9. The molecule has 0 aliphatic carbocycles. The van der Waals surface area contributed by atoms with Crippen molar-refractivity contribution in [2.24, 2.45) is 5.92 Å². The van der Waals surface area contributed by atoms with Crippen molar-refractivity contribution in [2.45, 2.75) is 51.2 Å². The van der Waals surface area contributed by atoms with E-state index in [0.717, 1.165) is 45.4 Å². The summed E-state index contributed by atoms with van der Waals surface area (Å²) in [5.74, 6) is 0.255. The minimum absolute atomic E-state index is 0.0246. The highest BCUT2D eigenvalue weighted by Gasteiger charge is 2.36. The molecular formula is C13H24N2O2. The molecule has 2 rings (SSSR count). The van der Waals surface area contributed by atoms with Gasteiger partial charge in [-0.05, 0) is 45.7 Å². The quantitative estimate of drug-likeness (QED) is 0.775. The van der Waals surface area contributed by atoms with Crippen LogP contribution in [0.2, 0.25) is 0 Å². The summed E-state index contributed by atoms with van der Waals surface area (Å²) < 4.78 is 5.58. The maximum Gasteiger partial charge on any atom is 0.226 e. The first-order valence-corrected chi connectivity index (χ1v) is 6.79. The SMILES string of the molecule is CCC1OCCC1C(=O)NC1(C)CCNCC1. The number of hydrogen-bond donors (Lipinski definition) is 2. The van der Waals surface area contributed by atoms with Gasteiger partial charge in [-0.2, -0.15) is 0 Å². The van der Waals surface area contributed by atoms with Crippen LogP contribution in [0.25, 0.3) is 0 Å². The molecule has 0 spiro atoms. The summed E-state index contributed by atoms with van der Waals surface area (Å²) in [6, 6.07) is 0. The maximum atomic E-state index is 12.3. The smallest absolute Gasteiger partial charge is 0.226 e. The predicted octanol–water partition coefficient (Wildman–Crippen LogP) is 1.06. The van der Waals surface area contributed by atoms with Crippen LogP contribution in [0.4, 0.5) is 0 Å². The van der Waals surface area contributed by atoms with Crippen LogP contribution in [0.1, 0.15) is 39.5 Å². The number of piperidine rings is 1. The lowest BCUT2D eigenvalue weighted by Crippen LogP contribution is -2.54. The third-order valence-electron chi connectivity index (χ3n) is 4.08. The molecular weight excluding hydrogens is 216 g/mol. The second kappa shape index (κ2) is 5.36. The van der Waals surface area contributed by atoms with Crippen molar-refractivity contribution in [2.75, 3.05) is 19.7 Å². The summed E-state index contributed by atoms with van der Waals surface area (Å²) in [4.78, 5) is 12.3. The average molecular weight is 240 g/mol. The second-order valence-corrected chi connectivity index (χ2v) is 5.51. The molecule has 0 aromatic carbocycles. The van der Waals surface area contributed by atoms with Gasteiger partial charge in [0, 0.05) is 12.1 Å². The summed E-state index contributed by atoms with van der Waals surface area (Å²) >= 11 is 0. The van der Waals surface area contributed by atoms with Crippen molar-refractivity contribution < 1.29 is 9.53 Å². The molecule has 4 heteroatoms. The van der Waals surface area contributed by atoms with E-state index in [1.165, 1.54) is 0 Å². The van der Waals surface area contributed by atoms with Crippen molar-refractivity contribution in [3.63, 3.8) is 0 Å². The van der Waals surface area contributed by atoms with E-state index in [0.29, 0.717) is 0 Å². The van der Waals surface area contributed by atoms with E-state index in [9.17, 15) is 4.79 Å². The topological polar surface area (TPSA) is 50.4 Å². The minimum Gasteiger partial charge on any atom is -0.377 e. The molecule has 0 bridgehead atoms. The number of ether oxygens (including phenoxy) is 1. The Kier molecular flexibility index (Phi) is 4.05. The molecule has 2 unspecified atom stereocenters. The van der Waals surface area contributed by atoms with Crippen molar-refractivity contribution in [1.82, 2.24) is 10.6 Å². The first-order valence-electron chi connectivity index (χ1n) is 6.79. The van der Waals surface area contributed by atoms with Crippen LogP contribution in [-0.2, 0) is 9.53 Å². The summed E-state index contributed by atoms with van der Waals surface area (Å²) in [6.45, 7) is 6.96.